The molecule has 1 aliphatic heterocycles. The number of hydrogen-bond donors (Lipinski definition) is 1. The van der Waals surface area contributed by atoms with Crippen molar-refractivity contribution in [3.05, 3.63) is 34.9 Å². The average molecular weight is 310 g/mol. The fourth-order valence-electron chi connectivity index (χ4n) is 3.60. The summed E-state index contributed by atoms with van der Waals surface area (Å²) in [6, 6.07) is 9.14. The third-order valence-electron chi connectivity index (χ3n) is 4.61. The number of benzene rings is 1. The highest BCUT2D eigenvalue weighted by Crippen LogP contribution is 2.30. The Morgan fingerprint density at radius 3 is 2.67 bits per heavy atom. The number of likely N-dealkylation sites (N-methyl/N-ethyl adjacent to an activating group) is 1. The molecule has 1 saturated heterocycles. The summed E-state index contributed by atoms with van der Waals surface area (Å²) in [5, 5.41) is 0.789. The molecule has 3 atom stereocenters. The Kier molecular flexibility index (Phi) is 6.06. The van der Waals surface area contributed by atoms with Gasteiger partial charge in [-0.2, -0.15) is 0 Å². The number of nitrogens with two attached hydrogens (primary N) is 1. The summed E-state index contributed by atoms with van der Waals surface area (Å²) in [5.41, 5.74) is 7.52. The van der Waals surface area contributed by atoms with Gasteiger partial charge < -0.3 is 5.73 Å². The van der Waals surface area contributed by atoms with E-state index in [0.29, 0.717) is 6.04 Å². The maximum Gasteiger partial charge on any atom is 0.0497 e. The number of hydrogen-bond acceptors (Lipinski definition) is 3. The molecule has 0 bridgehead atoms. The van der Waals surface area contributed by atoms with Crippen molar-refractivity contribution in [3.63, 3.8) is 0 Å². The Balaban J connectivity index is 2.14. The molecule has 118 valence electrons. The smallest absolute Gasteiger partial charge is 0.0497 e. The number of likely N-dealkylation sites (tertiary alicyclic amines) is 1. The lowest BCUT2D eigenvalue weighted by atomic mass is 9.99. The van der Waals surface area contributed by atoms with E-state index in [0.717, 1.165) is 31.2 Å². The molecule has 1 fully saturated rings. The minimum absolute atomic E-state index is 0.0962. The number of rotatable bonds is 6. The second-order valence-corrected chi connectivity index (χ2v) is 6.45. The van der Waals surface area contributed by atoms with Crippen molar-refractivity contribution in [2.24, 2.45) is 5.73 Å². The molecule has 0 aromatic heterocycles. The van der Waals surface area contributed by atoms with Crippen molar-refractivity contribution < 1.29 is 0 Å². The summed E-state index contributed by atoms with van der Waals surface area (Å²) in [5.74, 6) is 0. The van der Waals surface area contributed by atoms with Crippen LogP contribution in [-0.2, 0) is 0 Å². The lowest BCUT2D eigenvalue weighted by Crippen LogP contribution is -2.41. The van der Waals surface area contributed by atoms with Gasteiger partial charge in [-0.3, -0.25) is 9.80 Å². The zero-order valence-corrected chi connectivity index (χ0v) is 14.2. The van der Waals surface area contributed by atoms with Crippen LogP contribution >= 0.6 is 11.6 Å². The first-order chi connectivity index (χ1) is 10.1. The second-order valence-electron chi connectivity index (χ2n) is 6.02. The zero-order chi connectivity index (χ0) is 15.4. The Bertz CT molecular complexity index is 445. The molecule has 2 N–H and O–H groups in total. The molecule has 1 aliphatic rings. The first-order valence-corrected chi connectivity index (χ1v) is 8.43. The van der Waals surface area contributed by atoms with E-state index >= 15 is 0 Å². The SMILES string of the molecule is CCN(CC)C1CCN(C(c2cccc(Cl)c2)C(C)N)C1. The van der Waals surface area contributed by atoms with Crippen LogP contribution in [0.2, 0.25) is 5.02 Å². The van der Waals surface area contributed by atoms with Gasteiger partial charge in [0.05, 0.1) is 0 Å². The van der Waals surface area contributed by atoms with Gasteiger partial charge in [0.2, 0.25) is 0 Å². The first kappa shape index (κ1) is 16.8. The Morgan fingerprint density at radius 1 is 1.38 bits per heavy atom. The molecule has 0 amide bonds. The van der Waals surface area contributed by atoms with Crippen molar-refractivity contribution in [1.82, 2.24) is 9.80 Å². The van der Waals surface area contributed by atoms with Crippen molar-refractivity contribution >= 4 is 11.6 Å². The minimum Gasteiger partial charge on any atom is -0.326 e. The second kappa shape index (κ2) is 7.59. The van der Waals surface area contributed by atoms with Crippen LogP contribution in [0.1, 0.15) is 38.8 Å². The minimum atomic E-state index is 0.0962. The van der Waals surface area contributed by atoms with Crippen LogP contribution in [-0.4, -0.2) is 48.1 Å². The molecule has 4 heteroatoms. The van der Waals surface area contributed by atoms with Crippen molar-refractivity contribution in [1.29, 1.82) is 0 Å². The Morgan fingerprint density at radius 2 is 2.10 bits per heavy atom. The maximum absolute atomic E-state index is 6.29. The molecule has 1 aromatic carbocycles. The fourth-order valence-corrected chi connectivity index (χ4v) is 3.80. The van der Waals surface area contributed by atoms with Gasteiger partial charge in [-0.1, -0.05) is 37.6 Å². The van der Waals surface area contributed by atoms with Crippen molar-refractivity contribution in [2.45, 2.75) is 45.3 Å². The fraction of sp³-hybridized carbons (Fsp3) is 0.647. The molecule has 0 spiro atoms. The topological polar surface area (TPSA) is 32.5 Å². The third-order valence-corrected chi connectivity index (χ3v) is 4.84. The molecule has 0 radical (unpaired) electrons. The summed E-state index contributed by atoms with van der Waals surface area (Å²) in [6.07, 6.45) is 1.23. The molecule has 0 saturated carbocycles. The lowest BCUT2D eigenvalue weighted by molar-refractivity contribution is 0.176. The van der Waals surface area contributed by atoms with Gasteiger partial charge in [-0.05, 0) is 44.1 Å². The molecule has 2 rings (SSSR count). The molecule has 3 unspecified atom stereocenters. The normalized spacial score (nSPS) is 22.7. The summed E-state index contributed by atoms with van der Waals surface area (Å²) >= 11 is 6.16. The van der Waals surface area contributed by atoms with Crippen LogP contribution in [0.5, 0.6) is 0 Å². The highest BCUT2D eigenvalue weighted by molar-refractivity contribution is 6.30. The van der Waals surface area contributed by atoms with E-state index < -0.39 is 0 Å². The van der Waals surface area contributed by atoms with E-state index in [1.54, 1.807) is 0 Å². The Hall–Kier alpha value is -0.610. The van der Waals surface area contributed by atoms with Gasteiger partial charge in [0.15, 0.2) is 0 Å². The van der Waals surface area contributed by atoms with Crippen LogP contribution in [0.15, 0.2) is 24.3 Å². The maximum atomic E-state index is 6.29. The van der Waals surface area contributed by atoms with Crippen LogP contribution in [0.25, 0.3) is 0 Å². The van der Waals surface area contributed by atoms with Crippen LogP contribution in [0.4, 0.5) is 0 Å². The van der Waals surface area contributed by atoms with Crippen molar-refractivity contribution in [3.8, 4) is 0 Å². The van der Waals surface area contributed by atoms with Crippen molar-refractivity contribution in [2.75, 3.05) is 26.2 Å². The Labute approximate surface area is 134 Å². The van der Waals surface area contributed by atoms with Crippen LogP contribution in [0.3, 0.4) is 0 Å². The standard InChI is InChI=1S/C17H28ClN3/c1-4-20(5-2)16-9-10-21(12-16)17(13(3)19)14-7-6-8-15(18)11-14/h6-8,11,13,16-17H,4-5,9-10,12,19H2,1-3H3. The monoisotopic (exact) mass is 309 g/mol. The van der Waals surface area contributed by atoms with E-state index in [1.165, 1.54) is 12.0 Å². The van der Waals surface area contributed by atoms with Gasteiger partial charge in [-0.25, -0.2) is 0 Å². The van der Waals surface area contributed by atoms with Crippen LogP contribution < -0.4 is 5.73 Å². The molecule has 3 nitrogen and oxygen atoms in total. The zero-order valence-electron chi connectivity index (χ0n) is 13.4. The lowest BCUT2D eigenvalue weighted by Gasteiger charge is -2.33. The van der Waals surface area contributed by atoms with E-state index in [9.17, 15) is 0 Å². The van der Waals surface area contributed by atoms with E-state index in [2.05, 4.69) is 42.7 Å². The number of nitrogens with zero attached hydrogens (tertiary/aromatic N) is 2. The van der Waals surface area contributed by atoms with E-state index in [-0.39, 0.29) is 12.1 Å². The van der Waals surface area contributed by atoms with E-state index in [4.69, 9.17) is 17.3 Å². The van der Waals surface area contributed by atoms with Crippen LogP contribution in [0, 0.1) is 0 Å². The van der Waals surface area contributed by atoms with E-state index in [1.807, 2.05) is 12.1 Å². The first-order valence-electron chi connectivity index (χ1n) is 8.06. The third kappa shape index (κ3) is 3.98. The number of halogens is 1. The summed E-state index contributed by atoms with van der Waals surface area (Å²) in [4.78, 5) is 5.08. The molecule has 1 aromatic rings. The summed E-state index contributed by atoms with van der Waals surface area (Å²) in [6.45, 7) is 11.0. The van der Waals surface area contributed by atoms with Gasteiger partial charge in [0.25, 0.3) is 0 Å². The summed E-state index contributed by atoms with van der Waals surface area (Å²) < 4.78 is 0. The highest BCUT2D eigenvalue weighted by Gasteiger charge is 2.33. The molecule has 21 heavy (non-hydrogen) atoms. The van der Waals surface area contributed by atoms with Gasteiger partial charge >= 0.3 is 0 Å². The summed E-state index contributed by atoms with van der Waals surface area (Å²) in [7, 11) is 0. The van der Waals surface area contributed by atoms with Gasteiger partial charge in [-0.15, -0.1) is 0 Å². The molecular formula is C17H28ClN3. The quantitative estimate of drug-likeness (QED) is 0.876. The predicted octanol–water partition coefficient (Wildman–Crippen LogP) is 3.14. The largest absolute Gasteiger partial charge is 0.326 e. The van der Waals surface area contributed by atoms with Gasteiger partial charge in [0, 0.05) is 36.2 Å². The predicted molar refractivity (Wildman–Crippen MR) is 90.7 cm³/mol. The molecular weight excluding hydrogens is 282 g/mol. The average Bonchev–Trinajstić information content (AvgIpc) is 2.89. The molecule has 1 heterocycles. The molecule has 0 aliphatic carbocycles. The highest BCUT2D eigenvalue weighted by atomic mass is 35.5. The van der Waals surface area contributed by atoms with Gasteiger partial charge in [0.1, 0.15) is 0 Å².